The van der Waals surface area contributed by atoms with Crippen LogP contribution in [-0.2, 0) is 22.0 Å². The molecular weight excluding hydrogens is 520 g/mol. The maximum atomic E-state index is 13.2. The molecule has 1 aliphatic heterocycles. The second-order valence-corrected chi connectivity index (χ2v) is 12.2. The lowest BCUT2D eigenvalue weighted by Gasteiger charge is -2.34. The third kappa shape index (κ3) is 5.27. The molecule has 2 unspecified atom stereocenters. The first-order valence-electron chi connectivity index (χ1n) is 12.5. The number of rotatable bonds is 8. The second-order valence-electron chi connectivity index (χ2n) is 9.31. The van der Waals surface area contributed by atoms with Crippen LogP contribution in [0.5, 0.6) is 5.75 Å². The van der Waals surface area contributed by atoms with Crippen LogP contribution in [-0.4, -0.2) is 66.2 Å². The van der Waals surface area contributed by atoms with Crippen LogP contribution in [0.25, 0.3) is 22.2 Å². The molecule has 1 N–H and O–H groups in total. The average molecular weight is 549 g/mol. The number of hydrogen-bond donors (Lipinski definition) is 1. The number of aromatic nitrogens is 3. The van der Waals surface area contributed by atoms with E-state index in [2.05, 4.69) is 19.6 Å². The van der Waals surface area contributed by atoms with Crippen LogP contribution in [0.2, 0.25) is 0 Å². The number of benzene rings is 2. The summed E-state index contributed by atoms with van der Waals surface area (Å²) in [6, 6.07) is 15.4. The molecule has 0 radical (unpaired) electrons. The van der Waals surface area contributed by atoms with E-state index in [9.17, 15) is 8.42 Å². The van der Waals surface area contributed by atoms with E-state index in [0.29, 0.717) is 36.8 Å². The molecule has 9 nitrogen and oxygen atoms in total. The molecule has 38 heavy (non-hydrogen) atoms. The van der Waals surface area contributed by atoms with E-state index in [-0.39, 0.29) is 5.25 Å². The Bertz CT molecular complexity index is 1520. The molecule has 196 valence electrons. The number of fused-ring (bicyclic) bond motifs is 1. The molecule has 2 aromatic carbocycles. The summed E-state index contributed by atoms with van der Waals surface area (Å²) in [5.41, 5.74) is 4.24. The van der Waals surface area contributed by atoms with Gasteiger partial charge in [-0.25, -0.2) is 17.7 Å². The number of nitrogens with one attached hydrogen (secondary N) is 1. The Morgan fingerprint density at radius 1 is 0.921 bits per heavy atom. The minimum atomic E-state index is -1.29. The van der Waals surface area contributed by atoms with Gasteiger partial charge in [-0.15, -0.1) is 0 Å². The van der Waals surface area contributed by atoms with Crippen LogP contribution in [0.3, 0.4) is 0 Å². The summed E-state index contributed by atoms with van der Waals surface area (Å²) < 4.78 is 35.9. The van der Waals surface area contributed by atoms with E-state index >= 15 is 0 Å². The first-order chi connectivity index (χ1) is 18.6. The number of para-hydroxylation sites is 1. The smallest absolute Gasteiger partial charge is 0.147 e. The average Bonchev–Trinajstić information content (AvgIpc) is 3.82. The topological polar surface area (TPSA) is 101 Å². The van der Waals surface area contributed by atoms with E-state index < -0.39 is 22.0 Å². The van der Waals surface area contributed by atoms with Crippen molar-refractivity contribution in [3.8, 4) is 16.9 Å². The van der Waals surface area contributed by atoms with Gasteiger partial charge in [-0.05, 0) is 48.7 Å². The molecule has 0 bridgehead atoms. The monoisotopic (exact) mass is 548 g/mol. The van der Waals surface area contributed by atoms with Crippen LogP contribution >= 0.6 is 0 Å². The van der Waals surface area contributed by atoms with Gasteiger partial charge in [0.05, 0.1) is 46.4 Å². The largest absolute Gasteiger partial charge is 0.495 e. The van der Waals surface area contributed by atoms with Gasteiger partial charge in [0.2, 0.25) is 0 Å². The third-order valence-corrected chi connectivity index (χ3v) is 9.76. The quantitative estimate of drug-likeness (QED) is 0.358. The van der Waals surface area contributed by atoms with Gasteiger partial charge in [-0.1, -0.05) is 18.2 Å². The standard InChI is InChI=1S/C27H28N6O3S2/c1-36-25-4-2-3-5-26(25)38(35)33-12-10-32(11-13-33)27-18-29-23-9-6-19(15-24(23)30-27)20-14-21(17-28-16-20)31-37(34)22-7-8-22/h2-6,9,14-18,22,31H,7-8,10-13H2,1H3. The minimum absolute atomic E-state index is 0.246. The lowest BCUT2D eigenvalue weighted by atomic mass is 10.1. The molecule has 1 aliphatic carbocycles. The highest BCUT2D eigenvalue weighted by atomic mass is 32.2. The van der Waals surface area contributed by atoms with Crippen LogP contribution in [0.4, 0.5) is 11.5 Å². The lowest BCUT2D eigenvalue weighted by molar-refractivity contribution is 0.392. The fourth-order valence-electron chi connectivity index (χ4n) is 4.45. The molecule has 2 aromatic heterocycles. The molecule has 1 saturated carbocycles. The van der Waals surface area contributed by atoms with Crippen LogP contribution in [0.1, 0.15) is 12.8 Å². The van der Waals surface area contributed by atoms with E-state index in [4.69, 9.17) is 9.72 Å². The predicted octanol–water partition coefficient (Wildman–Crippen LogP) is 3.78. The van der Waals surface area contributed by atoms with Gasteiger partial charge in [0.25, 0.3) is 0 Å². The molecule has 6 rings (SSSR count). The number of anilines is 2. The molecule has 0 amide bonds. The Balaban J connectivity index is 1.17. The third-order valence-electron chi connectivity index (χ3n) is 6.70. The zero-order valence-corrected chi connectivity index (χ0v) is 22.6. The maximum absolute atomic E-state index is 13.2. The van der Waals surface area contributed by atoms with Gasteiger partial charge in [-0.3, -0.25) is 9.97 Å². The Kier molecular flexibility index (Phi) is 7.05. The van der Waals surface area contributed by atoms with Crippen molar-refractivity contribution in [3.63, 3.8) is 0 Å². The van der Waals surface area contributed by atoms with Crippen LogP contribution in [0, 0.1) is 0 Å². The van der Waals surface area contributed by atoms with Crippen molar-refractivity contribution in [1.29, 1.82) is 0 Å². The molecular formula is C27H28N6O3S2. The van der Waals surface area contributed by atoms with Crippen molar-refractivity contribution in [2.24, 2.45) is 0 Å². The molecule has 2 aliphatic rings. The fraction of sp³-hybridized carbons (Fsp3) is 0.296. The van der Waals surface area contributed by atoms with E-state index in [0.717, 1.165) is 46.5 Å². The van der Waals surface area contributed by atoms with Crippen molar-refractivity contribution >= 4 is 44.5 Å². The Morgan fingerprint density at radius 2 is 1.74 bits per heavy atom. The zero-order chi connectivity index (χ0) is 26.1. The maximum Gasteiger partial charge on any atom is 0.147 e. The summed E-state index contributed by atoms with van der Waals surface area (Å²) in [5.74, 6) is 1.43. The van der Waals surface area contributed by atoms with Gasteiger partial charge in [-0.2, -0.15) is 0 Å². The summed E-state index contributed by atoms with van der Waals surface area (Å²) in [6.45, 7) is 2.66. The highest BCUT2D eigenvalue weighted by Gasteiger charge is 2.28. The van der Waals surface area contributed by atoms with Crippen molar-refractivity contribution in [2.45, 2.75) is 23.0 Å². The van der Waals surface area contributed by atoms with Crippen molar-refractivity contribution < 1.29 is 13.2 Å². The number of pyridine rings is 1. The van der Waals surface area contributed by atoms with Gasteiger partial charge in [0, 0.05) is 37.9 Å². The summed E-state index contributed by atoms with van der Waals surface area (Å²) in [5, 5.41) is 0.246. The van der Waals surface area contributed by atoms with E-state index in [1.165, 1.54) is 0 Å². The highest BCUT2D eigenvalue weighted by Crippen LogP contribution is 2.29. The SMILES string of the molecule is COc1ccccc1S(=O)N1CCN(c2cnc3ccc(-c4cncc(NS(=O)C5CC5)c4)cc3n2)CC1. The first kappa shape index (κ1) is 24.9. The van der Waals surface area contributed by atoms with E-state index in [1.54, 1.807) is 25.7 Å². The first-order valence-corrected chi connectivity index (χ1v) is 14.9. The Hall–Kier alpha value is -3.41. The van der Waals surface area contributed by atoms with Gasteiger partial charge < -0.3 is 14.4 Å². The summed E-state index contributed by atoms with van der Waals surface area (Å²) in [7, 11) is -0.762. The summed E-state index contributed by atoms with van der Waals surface area (Å²) >= 11 is 0. The molecule has 2 atom stereocenters. The number of methoxy groups -OCH3 is 1. The van der Waals surface area contributed by atoms with Gasteiger partial charge in [0.1, 0.15) is 33.5 Å². The van der Waals surface area contributed by atoms with Crippen molar-refractivity contribution in [3.05, 3.63) is 67.1 Å². The molecule has 1 saturated heterocycles. The lowest BCUT2D eigenvalue weighted by Crippen LogP contribution is -2.47. The zero-order valence-electron chi connectivity index (χ0n) is 20.9. The van der Waals surface area contributed by atoms with Gasteiger partial charge in [0.15, 0.2) is 0 Å². The molecule has 0 spiro atoms. The van der Waals surface area contributed by atoms with Crippen molar-refractivity contribution in [1.82, 2.24) is 19.3 Å². The van der Waals surface area contributed by atoms with Gasteiger partial charge >= 0.3 is 0 Å². The highest BCUT2D eigenvalue weighted by molar-refractivity contribution is 7.87. The molecule has 4 aromatic rings. The summed E-state index contributed by atoms with van der Waals surface area (Å²) in [6.07, 6.45) is 7.31. The Labute approximate surface area is 226 Å². The predicted molar refractivity (Wildman–Crippen MR) is 151 cm³/mol. The number of nitrogens with zero attached hydrogens (tertiary/aromatic N) is 5. The number of hydrogen-bond acceptors (Lipinski definition) is 7. The second kappa shape index (κ2) is 10.8. The van der Waals surface area contributed by atoms with Crippen LogP contribution in [0.15, 0.2) is 72.0 Å². The van der Waals surface area contributed by atoms with Crippen LogP contribution < -0.4 is 14.4 Å². The molecule has 2 fully saturated rings. The fourth-order valence-corrected chi connectivity index (χ4v) is 6.82. The molecule has 11 heteroatoms. The van der Waals surface area contributed by atoms with E-state index in [1.807, 2.05) is 52.8 Å². The molecule has 3 heterocycles. The Morgan fingerprint density at radius 3 is 2.53 bits per heavy atom. The summed E-state index contributed by atoms with van der Waals surface area (Å²) in [4.78, 5) is 16.7. The minimum Gasteiger partial charge on any atom is -0.495 e. The normalized spacial score (nSPS) is 17.8. The number of ether oxygens (including phenoxy) is 1. The van der Waals surface area contributed by atoms with Crippen molar-refractivity contribution in [2.75, 3.05) is 42.9 Å². The number of piperazine rings is 1.